The van der Waals surface area contributed by atoms with Crippen LogP contribution in [0.4, 0.5) is 0 Å². The first-order valence-electron chi connectivity index (χ1n) is 4.65. The predicted molar refractivity (Wildman–Crippen MR) is 67.3 cm³/mol. The maximum Gasteiger partial charge on any atom is 0.0292 e. The summed E-state index contributed by atoms with van der Waals surface area (Å²) in [6, 6.07) is 0. The van der Waals surface area contributed by atoms with Gasteiger partial charge in [0.2, 0.25) is 0 Å². The van der Waals surface area contributed by atoms with Gasteiger partial charge in [0, 0.05) is 8.95 Å². The number of hydrogen-bond donors (Lipinski definition) is 0. The highest BCUT2D eigenvalue weighted by molar-refractivity contribution is 9.11. The third-order valence-corrected chi connectivity index (χ3v) is 4.68. The van der Waals surface area contributed by atoms with E-state index < -0.39 is 0 Å². The Kier molecular flexibility index (Phi) is 1.96. The Bertz CT molecular complexity index is 436. The van der Waals surface area contributed by atoms with Crippen LogP contribution >= 0.6 is 31.9 Å². The van der Waals surface area contributed by atoms with Crippen LogP contribution in [0.2, 0.25) is 0 Å². The number of rotatable bonds is 0. The lowest BCUT2D eigenvalue weighted by Gasteiger charge is -2.12. The minimum absolute atomic E-state index is 1.05. The van der Waals surface area contributed by atoms with Crippen molar-refractivity contribution in [3.05, 3.63) is 43.4 Å². The van der Waals surface area contributed by atoms with E-state index in [1.807, 2.05) is 0 Å². The minimum atomic E-state index is 1.05. The first kappa shape index (κ1) is 8.93. The molecule has 0 amide bonds. The fourth-order valence-corrected chi connectivity index (χ4v) is 3.66. The number of hydrogen-bond acceptors (Lipinski definition) is 0. The lowest BCUT2D eigenvalue weighted by Crippen LogP contribution is -1.94. The Balaban J connectivity index is 2.40. The Morgan fingerprint density at radius 2 is 1.21 bits per heavy atom. The molecule has 1 aromatic rings. The molecule has 0 spiro atoms. The first-order chi connectivity index (χ1) is 6.79. The van der Waals surface area contributed by atoms with Gasteiger partial charge >= 0.3 is 0 Å². The molecule has 0 fully saturated rings. The van der Waals surface area contributed by atoms with Gasteiger partial charge in [-0.1, -0.05) is 24.3 Å². The van der Waals surface area contributed by atoms with Gasteiger partial charge in [-0.05, 0) is 67.0 Å². The lowest BCUT2D eigenvalue weighted by atomic mass is 10.0. The molecule has 0 aromatic heterocycles. The molecule has 2 aliphatic carbocycles. The van der Waals surface area contributed by atoms with E-state index in [1.54, 1.807) is 0 Å². The van der Waals surface area contributed by atoms with Crippen LogP contribution < -0.4 is 0 Å². The van der Waals surface area contributed by atoms with Crippen LogP contribution in [0.15, 0.2) is 21.1 Å². The summed E-state index contributed by atoms with van der Waals surface area (Å²) < 4.78 is 2.56. The molecule has 0 radical (unpaired) electrons. The Morgan fingerprint density at radius 3 is 1.64 bits per heavy atom. The van der Waals surface area contributed by atoms with Gasteiger partial charge in [0.1, 0.15) is 0 Å². The Morgan fingerprint density at radius 1 is 0.786 bits per heavy atom. The van der Waals surface area contributed by atoms with Crippen molar-refractivity contribution in [1.29, 1.82) is 0 Å². The van der Waals surface area contributed by atoms with Crippen molar-refractivity contribution in [1.82, 2.24) is 0 Å². The summed E-state index contributed by atoms with van der Waals surface area (Å²) in [5.41, 5.74) is 5.56. The van der Waals surface area contributed by atoms with Gasteiger partial charge in [0.25, 0.3) is 0 Å². The van der Waals surface area contributed by atoms with Gasteiger partial charge in [0.15, 0.2) is 0 Å². The van der Waals surface area contributed by atoms with Gasteiger partial charge < -0.3 is 0 Å². The summed E-state index contributed by atoms with van der Waals surface area (Å²) in [4.78, 5) is 0. The van der Waals surface area contributed by atoms with E-state index in [0.29, 0.717) is 0 Å². The Hall–Kier alpha value is -0.340. The van der Waals surface area contributed by atoms with Crippen molar-refractivity contribution in [3.63, 3.8) is 0 Å². The van der Waals surface area contributed by atoms with Crippen LogP contribution in [0, 0.1) is 0 Å². The maximum absolute atomic E-state index is 3.71. The molecule has 0 heterocycles. The van der Waals surface area contributed by atoms with Crippen LogP contribution in [0.5, 0.6) is 0 Å². The zero-order valence-electron chi connectivity index (χ0n) is 7.48. The highest BCUT2D eigenvalue weighted by Gasteiger charge is 2.21. The van der Waals surface area contributed by atoms with E-state index in [9.17, 15) is 0 Å². The van der Waals surface area contributed by atoms with Crippen LogP contribution in [0.1, 0.15) is 22.3 Å². The lowest BCUT2D eigenvalue weighted by molar-refractivity contribution is 1.21. The van der Waals surface area contributed by atoms with Gasteiger partial charge in [-0.3, -0.25) is 0 Å². The molecule has 0 N–H and O–H groups in total. The first-order valence-corrected chi connectivity index (χ1v) is 6.23. The summed E-state index contributed by atoms with van der Waals surface area (Å²) in [5, 5.41) is 0. The number of allylic oxidation sites excluding steroid dienone is 2. The van der Waals surface area contributed by atoms with Gasteiger partial charge in [0.05, 0.1) is 0 Å². The standard InChI is InChI=1S/C12H8Br2/c13-11-7-3-1-4-8(7)12(14)10-6-2-5-9(10)11/h1-3,6H,4-5H2. The molecule has 0 saturated heterocycles. The molecule has 1 aromatic carbocycles. The zero-order valence-corrected chi connectivity index (χ0v) is 10.7. The summed E-state index contributed by atoms with van der Waals surface area (Å²) in [5.74, 6) is 0. The largest absolute Gasteiger partial charge is 0.0794 e. The molecule has 14 heavy (non-hydrogen) atoms. The molecule has 0 unspecified atom stereocenters. The van der Waals surface area contributed by atoms with Crippen molar-refractivity contribution in [2.75, 3.05) is 0 Å². The molecule has 2 heteroatoms. The second kappa shape index (κ2) is 3.07. The van der Waals surface area contributed by atoms with Crippen LogP contribution in [0.25, 0.3) is 12.2 Å². The smallest absolute Gasteiger partial charge is 0.0292 e. The van der Waals surface area contributed by atoms with Crippen molar-refractivity contribution in [3.8, 4) is 0 Å². The van der Waals surface area contributed by atoms with Crippen molar-refractivity contribution in [2.24, 2.45) is 0 Å². The Labute approximate surface area is 100.0 Å². The van der Waals surface area contributed by atoms with E-state index in [0.717, 1.165) is 12.8 Å². The third-order valence-electron chi connectivity index (χ3n) is 2.87. The second-order valence-electron chi connectivity index (χ2n) is 3.63. The quantitative estimate of drug-likeness (QED) is 0.668. The van der Waals surface area contributed by atoms with Gasteiger partial charge in [-0.2, -0.15) is 0 Å². The number of halogens is 2. The monoisotopic (exact) mass is 310 g/mol. The van der Waals surface area contributed by atoms with Gasteiger partial charge in [-0.25, -0.2) is 0 Å². The SMILES string of the molecule is Brc1c2c(c(Br)c3c1CC=C3)CC=C2. The molecule has 2 aliphatic rings. The highest BCUT2D eigenvalue weighted by Crippen LogP contribution is 2.42. The van der Waals surface area contributed by atoms with E-state index in [4.69, 9.17) is 0 Å². The molecular weight excluding hydrogens is 304 g/mol. The van der Waals surface area contributed by atoms with E-state index in [-0.39, 0.29) is 0 Å². The van der Waals surface area contributed by atoms with Crippen molar-refractivity contribution < 1.29 is 0 Å². The normalized spacial score (nSPS) is 16.1. The average Bonchev–Trinajstić information content (AvgIpc) is 2.82. The fourth-order valence-electron chi connectivity index (χ4n) is 2.16. The summed E-state index contributed by atoms with van der Waals surface area (Å²) in [6.45, 7) is 0. The molecular formula is C12H8Br2. The van der Waals surface area contributed by atoms with Crippen molar-refractivity contribution >= 4 is 44.0 Å². The maximum atomic E-state index is 3.71. The minimum Gasteiger partial charge on any atom is -0.0794 e. The zero-order chi connectivity index (χ0) is 9.71. The van der Waals surface area contributed by atoms with Crippen molar-refractivity contribution in [2.45, 2.75) is 12.8 Å². The predicted octanol–water partition coefficient (Wildman–Crippen LogP) is 4.35. The van der Waals surface area contributed by atoms with Crippen LogP contribution in [-0.2, 0) is 12.8 Å². The van der Waals surface area contributed by atoms with Crippen LogP contribution in [-0.4, -0.2) is 0 Å². The summed E-state index contributed by atoms with van der Waals surface area (Å²) in [6.07, 6.45) is 11.0. The second-order valence-corrected chi connectivity index (χ2v) is 5.21. The molecule has 0 bridgehead atoms. The average molecular weight is 312 g/mol. The molecule has 70 valence electrons. The summed E-state index contributed by atoms with van der Waals surface area (Å²) >= 11 is 7.41. The number of fused-ring (bicyclic) bond motifs is 2. The van der Waals surface area contributed by atoms with Crippen LogP contribution in [0.3, 0.4) is 0 Å². The molecule has 3 rings (SSSR count). The van der Waals surface area contributed by atoms with Gasteiger partial charge in [-0.15, -0.1) is 0 Å². The third kappa shape index (κ3) is 1.04. The number of benzene rings is 1. The highest BCUT2D eigenvalue weighted by atomic mass is 79.9. The molecule has 0 saturated carbocycles. The molecule has 0 atom stereocenters. The van der Waals surface area contributed by atoms with E-state index in [2.05, 4.69) is 56.2 Å². The topological polar surface area (TPSA) is 0 Å². The summed E-state index contributed by atoms with van der Waals surface area (Å²) in [7, 11) is 0. The molecule has 0 nitrogen and oxygen atoms in total. The molecule has 0 aliphatic heterocycles. The van der Waals surface area contributed by atoms with E-state index in [1.165, 1.54) is 31.2 Å². The fraction of sp³-hybridized carbons (Fsp3) is 0.167. The van der Waals surface area contributed by atoms with E-state index >= 15 is 0 Å².